The minimum absolute atomic E-state index is 0.164. The third-order valence-electron chi connectivity index (χ3n) is 4.56. The summed E-state index contributed by atoms with van der Waals surface area (Å²) in [7, 11) is 3.19. The monoisotopic (exact) mass is 395 g/mol. The lowest BCUT2D eigenvalue weighted by molar-refractivity contribution is 0.102. The summed E-state index contributed by atoms with van der Waals surface area (Å²) in [5.74, 6) is 2.84. The standard InChI is InChI=1S/C21H21N3O5/c1-13-8-20(22-21(25)15-5-7-17-19(10-15)29-12-28-17)24(23-13)11-14-4-6-16(26-2)18(9-14)27-3/h4-10H,11-12H2,1-3H3,(H,22,25). The molecule has 8 nitrogen and oxygen atoms in total. The molecular weight excluding hydrogens is 374 g/mol. The van der Waals surface area contributed by atoms with E-state index in [1.165, 1.54) is 0 Å². The molecule has 0 bridgehead atoms. The van der Waals surface area contributed by atoms with E-state index in [2.05, 4.69) is 10.4 Å². The molecule has 29 heavy (non-hydrogen) atoms. The van der Waals surface area contributed by atoms with Crippen LogP contribution in [0.1, 0.15) is 21.6 Å². The summed E-state index contributed by atoms with van der Waals surface area (Å²) in [4.78, 5) is 12.7. The second-order valence-corrected chi connectivity index (χ2v) is 6.54. The maximum absolute atomic E-state index is 12.7. The number of nitrogens with one attached hydrogen (secondary N) is 1. The van der Waals surface area contributed by atoms with Crippen LogP contribution >= 0.6 is 0 Å². The molecule has 2 heterocycles. The van der Waals surface area contributed by atoms with Gasteiger partial charge in [0.05, 0.1) is 26.5 Å². The molecule has 0 spiro atoms. The number of anilines is 1. The van der Waals surface area contributed by atoms with E-state index in [4.69, 9.17) is 18.9 Å². The maximum Gasteiger partial charge on any atom is 0.256 e. The molecular formula is C21H21N3O5. The summed E-state index contributed by atoms with van der Waals surface area (Å²) in [6.45, 7) is 2.50. The second-order valence-electron chi connectivity index (χ2n) is 6.54. The summed E-state index contributed by atoms with van der Waals surface area (Å²) in [6, 6.07) is 12.6. The zero-order valence-corrected chi connectivity index (χ0v) is 16.4. The molecule has 4 rings (SSSR count). The van der Waals surface area contributed by atoms with Gasteiger partial charge in [0, 0.05) is 11.6 Å². The Balaban J connectivity index is 1.55. The summed E-state index contributed by atoms with van der Waals surface area (Å²) >= 11 is 0. The first-order valence-corrected chi connectivity index (χ1v) is 9.03. The highest BCUT2D eigenvalue weighted by Gasteiger charge is 2.18. The first-order valence-electron chi connectivity index (χ1n) is 9.03. The Bertz CT molecular complexity index is 1060. The van der Waals surface area contributed by atoms with E-state index in [1.807, 2.05) is 31.2 Å². The van der Waals surface area contributed by atoms with Crippen LogP contribution < -0.4 is 24.3 Å². The SMILES string of the molecule is COc1ccc(Cn2nc(C)cc2NC(=O)c2ccc3c(c2)OCO3)cc1OC. The molecule has 0 aliphatic carbocycles. The predicted molar refractivity (Wildman–Crippen MR) is 106 cm³/mol. The van der Waals surface area contributed by atoms with Crippen LogP contribution in [0.25, 0.3) is 0 Å². The van der Waals surface area contributed by atoms with Gasteiger partial charge in [-0.1, -0.05) is 6.07 Å². The first-order chi connectivity index (χ1) is 14.1. The van der Waals surface area contributed by atoms with Crippen LogP contribution in [0.3, 0.4) is 0 Å². The topological polar surface area (TPSA) is 83.8 Å². The molecule has 1 aliphatic rings. The largest absolute Gasteiger partial charge is 0.493 e. The van der Waals surface area contributed by atoms with E-state index >= 15 is 0 Å². The molecule has 0 radical (unpaired) electrons. The normalized spacial score (nSPS) is 12.0. The van der Waals surface area contributed by atoms with Crippen LogP contribution in [0.4, 0.5) is 5.82 Å². The lowest BCUT2D eigenvalue weighted by Gasteiger charge is -2.12. The maximum atomic E-state index is 12.7. The molecule has 150 valence electrons. The van der Waals surface area contributed by atoms with Crippen molar-refractivity contribution in [3.05, 3.63) is 59.3 Å². The van der Waals surface area contributed by atoms with Gasteiger partial charge in [0.25, 0.3) is 5.91 Å². The van der Waals surface area contributed by atoms with E-state index in [1.54, 1.807) is 37.1 Å². The third kappa shape index (κ3) is 3.82. The molecule has 0 atom stereocenters. The molecule has 1 N–H and O–H groups in total. The van der Waals surface area contributed by atoms with Gasteiger partial charge in [0.1, 0.15) is 5.82 Å². The number of rotatable bonds is 6. The van der Waals surface area contributed by atoms with Crippen LogP contribution in [-0.4, -0.2) is 36.7 Å². The molecule has 1 aromatic heterocycles. The van der Waals surface area contributed by atoms with E-state index in [9.17, 15) is 4.79 Å². The minimum Gasteiger partial charge on any atom is -0.493 e. The average Bonchev–Trinajstić information content (AvgIpc) is 3.33. The van der Waals surface area contributed by atoms with Gasteiger partial charge in [-0.3, -0.25) is 4.79 Å². The number of nitrogens with zero attached hydrogens (tertiary/aromatic N) is 2. The number of aromatic nitrogens is 2. The molecule has 1 aliphatic heterocycles. The summed E-state index contributed by atoms with van der Waals surface area (Å²) in [6.07, 6.45) is 0. The number of benzene rings is 2. The van der Waals surface area contributed by atoms with Gasteiger partial charge in [0.2, 0.25) is 6.79 Å². The van der Waals surface area contributed by atoms with E-state index < -0.39 is 0 Å². The smallest absolute Gasteiger partial charge is 0.256 e. The summed E-state index contributed by atoms with van der Waals surface area (Å²) in [5, 5.41) is 7.41. The Morgan fingerprint density at radius 2 is 1.86 bits per heavy atom. The minimum atomic E-state index is -0.253. The Labute approximate surface area is 168 Å². The predicted octanol–water partition coefficient (Wildman–Crippen LogP) is 3.24. The number of carbonyl (C=O) groups is 1. The molecule has 1 amide bonds. The Kier molecular flexibility index (Phi) is 4.99. The summed E-state index contributed by atoms with van der Waals surface area (Å²) in [5.41, 5.74) is 2.24. The van der Waals surface area contributed by atoms with Crippen LogP contribution in [0, 0.1) is 6.92 Å². The highest BCUT2D eigenvalue weighted by molar-refractivity contribution is 6.04. The second kappa shape index (κ2) is 7.75. The van der Waals surface area contributed by atoms with Gasteiger partial charge < -0.3 is 24.3 Å². The van der Waals surface area contributed by atoms with Gasteiger partial charge >= 0.3 is 0 Å². The fraction of sp³-hybridized carbons (Fsp3) is 0.238. The van der Waals surface area contributed by atoms with Gasteiger partial charge in [-0.15, -0.1) is 0 Å². The Morgan fingerprint density at radius 1 is 1.07 bits per heavy atom. The van der Waals surface area contributed by atoms with Crippen molar-refractivity contribution in [2.24, 2.45) is 0 Å². The molecule has 0 saturated heterocycles. The quantitative estimate of drug-likeness (QED) is 0.690. The number of hydrogen-bond acceptors (Lipinski definition) is 6. The molecule has 0 saturated carbocycles. The van der Waals surface area contributed by atoms with Crippen molar-refractivity contribution >= 4 is 11.7 Å². The van der Waals surface area contributed by atoms with Crippen LogP contribution in [-0.2, 0) is 6.54 Å². The molecule has 0 fully saturated rings. The van der Waals surface area contributed by atoms with Gasteiger partial charge in [-0.2, -0.15) is 5.10 Å². The lowest BCUT2D eigenvalue weighted by Crippen LogP contribution is -2.16. The highest BCUT2D eigenvalue weighted by atomic mass is 16.7. The van der Waals surface area contributed by atoms with Crippen molar-refractivity contribution in [3.63, 3.8) is 0 Å². The number of ether oxygens (including phenoxy) is 4. The summed E-state index contributed by atoms with van der Waals surface area (Å²) < 4.78 is 23.0. The fourth-order valence-corrected chi connectivity index (χ4v) is 3.14. The molecule has 0 unspecified atom stereocenters. The zero-order valence-electron chi connectivity index (χ0n) is 16.4. The number of carbonyl (C=O) groups excluding carboxylic acids is 1. The Hall–Kier alpha value is -3.68. The average molecular weight is 395 g/mol. The third-order valence-corrected chi connectivity index (χ3v) is 4.56. The van der Waals surface area contributed by atoms with E-state index in [0.717, 1.165) is 11.3 Å². The van der Waals surface area contributed by atoms with Crippen molar-refractivity contribution in [2.45, 2.75) is 13.5 Å². The number of amides is 1. The number of aryl methyl sites for hydroxylation is 1. The van der Waals surface area contributed by atoms with E-state index in [0.29, 0.717) is 40.9 Å². The van der Waals surface area contributed by atoms with Gasteiger partial charge in [-0.25, -0.2) is 4.68 Å². The van der Waals surface area contributed by atoms with Gasteiger partial charge in [0.15, 0.2) is 23.0 Å². The van der Waals surface area contributed by atoms with Crippen LogP contribution in [0.15, 0.2) is 42.5 Å². The van der Waals surface area contributed by atoms with Crippen molar-refractivity contribution in [1.82, 2.24) is 9.78 Å². The molecule has 3 aromatic rings. The lowest BCUT2D eigenvalue weighted by atomic mass is 10.2. The van der Waals surface area contributed by atoms with Crippen molar-refractivity contribution in [1.29, 1.82) is 0 Å². The first kappa shape index (κ1) is 18.7. The van der Waals surface area contributed by atoms with Crippen LogP contribution in [0.2, 0.25) is 0 Å². The fourth-order valence-electron chi connectivity index (χ4n) is 3.14. The number of hydrogen-bond donors (Lipinski definition) is 1. The van der Waals surface area contributed by atoms with Crippen molar-refractivity contribution in [3.8, 4) is 23.0 Å². The highest BCUT2D eigenvalue weighted by Crippen LogP contribution is 2.33. The zero-order chi connectivity index (χ0) is 20.4. The molecule has 8 heteroatoms. The van der Waals surface area contributed by atoms with Gasteiger partial charge in [-0.05, 0) is 42.8 Å². The number of methoxy groups -OCH3 is 2. The molecule has 2 aromatic carbocycles. The van der Waals surface area contributed by atoms with Crippen LogP contribution in [0.5, 0.6) is 23.0 Å². The van der Waals surface area contributed by atoms with Crippen molar-refractivity contribution < 1.29 is 23.7 Å². The number of fused-ring (bicyclic) bond motifs is 1. The van der Waals surface area contributed by atoms with E-state index in [-0.39, 0.29) is 12.7 Å². The Morgan fingerprint density at radius 3 is 2.66 bits per heavy atom. The van der Waals surface area contributed by atoms with Crippen molar-refractivity contribution in [2.75, 3.05) is 26.3 Å².